The highest BCUT2D eigenvalue weighted by molar-refractivity contribution is 4.75. The zero-order chi connectivity index (χ0) is 8.39. The Morgan fingerprint density at radius 1 is 1.17 bits per heavy atom. The highest BCUT2D eigenvalue weighted by atomic mass is 16.5. The summed E-state index contributed by atoms with van der Waals surface area (Å²) >= 11 is 0. The summed E-state index contributed by atoms with van der Waals surface area (Å²) in [5, 5.41) is 0. The van der Waals surface area contributed by atoms with Gasteiger partial charge < -0.3 is 14.5 Å². The number of hydrogen-bond donors (Lipinski definition) is 0. The van der Waals surface area contributed by atoms with Crippen LogP contribution in [-0.4, -0.2) is 62.8 Å². The number of ether oxygens (including phenoxy) is 1. The molecule has 0 aromatic carbocycles. The first-order chi connectivity index (χ1) is 5.84. The van der Waals surface area contributed by atoms with Gasteiger partial charge in [-0.2, -0.15) is 0 Å². The third kappa shape index (κ3) is 1.97. The van der Waals surface area contributed by atoms with Crippen LogP contribution >= 0.6 is 0 Å². The highest BCUT2D eigenvalue weighted by Crippen LogP contribution is 2.12. The topological polar surface area (TPSA) is 15.7 Å². The molecule has 2 saturated heterocycles. The van der Waals surface area contributed by atoms with E-state index in [1.165, 1.54) is 32.7 Å². The van der Waals surface area contributed by atoms with E-state index in [2.05, 4.69) is 16.8 Å². The van der Waals surface area contributed by atoms with Gasteiger partial charge in [0.25, 0.3) is 0 Å². The molecule has 2 fully saturated rings. The Hall–Kier alpha value is -0.120. The summed E-state index contributed by atoms with van der Waals surface area (Å²) in [6.07, 6.45) is 0. The second kappa shape index (κ2) is 3.73. The van der Waals surface area contributed by atoms with Crippen LogP contribution in [0.1, 0.15) is 0 Å². The van der Waals surface area contributed by atoms with E-state index in [-0.39, 0.29) is 0 Å². The Bertz CT molecular complexity index is 139. The van der Waals surface area contributed by atoms with Gasteiger partial charge in [0.15, 0.2) is 0 Å². The Kier molecular flexibility index (Phi) is 2.63. The molecular weight excluding hydrogens is 152 g/mol. The molecule has 2 heterocycles. The molecule has 3 heteroatoms. The molecule has 0 aromatic heterocycles. The van der Waals surface area contributed by atoms with Gasteiger partial charge in [-0.25, -0.2) is 0 Å². The van der Waals surface area contributed by atoms with Crippen LogP contribution < -0.4 is 0 Å². The minimum absolute atomic E-state index is 0.827. The van der Waals surface area contributed by atoms with Crippen molar-refractivity contribution in [1.82, 2.24) is 9.80 Å². The molecule has 2 rings (SSSR count). The summed E-state index contributed by atoms with van der Waals surface area (Å²) in [6, 6.07) is 0. The molecule has 0 radical (unpaired) electrons. The summed E-state index contributed by atoms with van der Waals surface area (Å²) < 4.78 is 5.16. The van der Waals surface area contributed by atoms with Crippen LogP contribution in [0.5, 0.6) is 0 Å². The van der Waals surface area contributed by atoms with Gasteiger partial charge in [0, 0.05) is 38.6 Å². The molecule has 0 amide bonds. The molecule has 0 saturated carbocycles. The van der Waals surface area contributed by atoms with Gasteiger partial charge in [0.2, 0.25) is 0 Å². The molecule has 0 spiro atoms. The fourth-order valence-corrected chi connectivity index (χ4v) is 1.79. The van der Waals surface area contributed by atoms with Gasteiger partial charge in [0.05, 0.1) is 13.2 Å². The van der Waals surface area contributed by atoms with Crippen molar-refractivity contribution in [3.8, 4) is 0 Å². The number of hydrogen-bond acceptors (Lipinski definition) is 3. The standard InChI is InChI=1S/C9H18N2O/c1-10-2-4-11(5-3-10)6-9-7-12-8-9/h9H,2-8H2,1H3. The van der Waals surface area contributed by atoms with E-state index in [0.29, 0.717) is 0 Å². The maximum absolute atomic E-state index is 5.16. The van der Waals surface area contributed by atoms with E-state index in [1.54, 1.807) is 0 Å². The third-order valence-electron chi connectivity index (χ3n) is 2.82. The lowest BCUT2D eigenvalue weighted by molar-refractivity contribution is -0.0503. The van der Waals surface area contributed by atoms with Crippen molar-refractivity contribution in [2.45, 2.75) is 0 Å². The lowest BCUT2D eigenvalue weighted by Crippen LogP contribution is -2.48. The fourth-order valence-electron chi connectivity index (χ4n) is 1.79. The lowest BCUT2D eigenvalue weighted by Gasteiger charge is -2.37. The number of nitrogens with zero attached hydrogens (tertiary/aromatic N) is 2. The molecule has 0 atom stereocenters. The van der Waals surface area contributed by atoms with Gasteiger partial charge in [-0.3, -0.25) is 0 Å². The molecular formula is C9H18N2O. The number of piperazine rings is 1. The van der Waals surface area contributed by atoms with Gasteiger partial charge in [-0.15, -0.1) is 0 Å². The van der Waals surface area contributed by atoms with Crippen molar-refractivity contribution in [1.29, 1.82) is 0 Å². The van der Waals surface area contributed by atoms with E-state index < -0.39 is 0 Å². The van der Waals surface area contributed by atoms with Crippen LogP contribution in [0.3, 0.4) is 0 Å². The monoisotopic (exact) mass is 170 g/mol. The summed E-state index contributed by atoms with van der Waals surface area (Å²) in [4.78, 5) is 4.96. The summed E-state index contributed by atoms with van der Waals surface area (Å²) in [5.74, 6) is 0.827. The zero-order valence-corrected chi connectivity index (χ0v) is 7.83. The molecule has 0 aliphatic carbocycles. The lowest BCUT2D eigenvalue weighted by atomic mass is 10.1. The van der Waals surface area contributed by atoms with Crippen molar-refractivity contribution in [2.24, 2.45) is 5.92 Å². The second-order valence-corrected chi connectivity index (χ2v) is 4.01. The van der Waals surface area contributed by atoms with Crippen molar-refractivity contribution in [3.05, 3.63) is 0 Å². The van der Waals surface area contributed by atoms with Crippen LogP contribution in [0.4, 0.5) is 0 Å². The molecule has 0 unspecified atom stereocenters. The molecule has 0 aromatic rings. The molecule has 3 nitrogen and oxygen atoms in total. The minimum atomic E-state index is 0.827. The summed E-state index contributed by atoms with van der Waals surface area (Å²) in [7, 11) is 2.20. The van der Waals surface area contributed by atoms with Crippen molar-refractivity contribution < 1.29 is 4.74 Å². The maximum atomic E-state index is 5.16. The van der Waals surface area contributed by atoms with Gasteiger partial charge >= 0.3 is 0 Å². The highest BCUT2D eigenvalue weighted by Gasteiger charge is 2.23. The predicted octanol–water partition coefficient (Wildman–Crippen LogP) is -0.120. The van der Waals surface area contributed by atoms with E-state index >= 15 is 0 Å². The van der Waals surface area contributed by atoms with Crippen molar-refractivity contribution in [2.75, 3.05) is 53.0 Å². The first-order valence-corrected chi connectivity index (χ1v) is 4.83. The Morgan fingerprint density at radius 2 is 1.83 bits per heavy atom. The fraction of sp³-hybridized carbons (Fsp3) is 1.00. The number of rotatable bonds is 2. The van der Waals surface area contributed by atoms with Crippen molar-refractivity contribution >= 4 is 0 Å². The average Bonchev–Trinajstić information content (AvgIpc) is 2.00. The van der Waals surface area contributed by atoms with Crippen LogP contribution in [-0.2, 0) is 4.74 Å². The van der Waals surface area contributed by atoms with Crippen LogP contribution in [0, 0.1) is 5.92 Å². The molecule has 70 valence electrons. The van der Waals surface area contributed by atoms with Crippen LogP contribution in [0.15, 0.2) is 0 Å². The molecule has 2 aliphatic heterocycles. The van der Waals surface area contributed by atoms with E-state index in [4.69, 9.17) is 4.74 Å². The van der Waals surface area contributed by atoms with Gasteiger partial charge in [-0.05, 0) is 7.05 Å². The molecule has 12 heavy (non-hydrogen) atoms. The van der Waals surface area contributed by atoms with Crippen LogP contribution in [0.2, 0.25) is 0 Å². The van der Waals surface area contributed by atoms with E-state index in [1.807, 2.05) is 0 Å². The zero-order valence-electron chi connectivity index (χ0n) is 7.83. The molecule has 2 aliphatic rings. The summed E-state index contributed by atoms with van der Waals surface area (Å²) in [6.45, 7) is 8.19. The van der Waals surface area contributed by atoms with Gasteiger partial charge in [0.1, 0.15) is 0 Å². The molecule has 0 bridgehead atoms. The van der Waals surface area contributed by atoms with E-state index in [0.717, 1.165) is 19.1 Å². The second-order valence-electron chi connectivity index (χ2n) is 4.01. The maximum Gasteiger partial charge on any atom is 0.0528 e. The quantitative estimate of drug-likeness (QED) is 0.574. The Labute approximate surface area is 74.3 Å². The van der Waals surface area contributed by atoms with Crippen molar-refractivity contribution in [3.63, 3.8) is 0 Å². The smallest absolute Gasteiger partial charge is 0.0528 e. The molecule has 0 N–H and O–H groups in total. The SMILES string of the molecule is CN1CCN(CC2COC2)CC1. The first-order valence-electron chi connectivity index (χ1n) is 4.83. The first kappa shape index (κ1) is 8.48. The predicted molar refractivity (Wildman–Crippen MR) is 48.2 cm³/mol. The number of likely N-dealkylation sites (N-methyl/N-ethyl adjacent to an activating group) is 1. The normalized spacial score (nSPS) is 28.8. The Balaban J connectivity index is 1.67. The minimum Gasteiger partial charge on any atom is -0.381 e. The summed E-state index contributed by atoms with van der Waals surface area (Å²) in [5.41, 5.74) is 0. The van der Waals surface area contributed by atoms with Crippen LogP contribution in [0.25, 0.3) is 0 Å². The Morgan fingerprint density at radius 3 is 2.33 bits per heavy atom. The average molecular weight is 170 g/mol. The largest absolute Gasteiger partial charge is 0.381 e. The van der Waals surface area contributed by atoms with E-state index in [9.17, 15) is 0 Å². The third-order valence-corrected chi connectivity index (χ3v) is 2.82. The van der Waals surface area contributed by atoms with Gasteiger partial charge in [-0.1, -0.05) is 0 Å².